The molecule has 22 heavy (non-hydrogen) atoms. The van der Waals surface area contributed by atoms with Crippen LogP contribution in [-0.4, -0.2) is 26.9 Å². The van der Waals surface area contributed by atoms with Crippen LogP contribution in [0.25, 0.3) is 17.3 Å². The van der Waals surface area contributed by atoms with Gasteiger partial charge in [-0.3, -0.25) is 4.68 Å². The van der Waals surface area contributed by atoms with Gasteiger partial charge in [-0.15, -0.1) is 0 Å². The molecule has 0 radical (unpaired) electrons. The maximum Gasteiger partial charge on any atom is 0.134 e. The Morgan fingerprint density at radius 3 is 2.95 bits per heavy atom. The van der Waals surface area contributed by atoms with E-state index in [4.69, 9.17) is 10.5 Å². The van der Waals surface area contributed by atoms with Crippen LogP contribution in [0.4, 0.5) is 5.82 Å². The van der Waals surface area contributed by atoms with Gasteiger partial charge in [-0.1, -0.05) is 12.8 Å². The molecule has 3 rings (SSSR count). The van der Waals surface area contributed by atoms with Crippen LogP contribution in [0.2, 0.25) is 0 Å². The summed E-state index contributed by atoms with van der Waals surface area (Å²) in [6, 6.07) is 0. The van der Waals surface area contributed by atoms with Gasteiger partial charge in [-0.05, 0) is 24.8 Å². The zero-order valence-electron chi connectivity index (χ0n) is 12.8. The highest BCUT2D eigenvalue weighted by molar-refractivity contribution is 5.76. The molecule has 0 amide bonds. The van der Waals surface area contributed by atoms with Crippen LogP contribution in [0.15, 0.2) is 25.0 Å². The van der Waals surface area contributed by atoms with E-state index in [0.29, 0.717) is 5.82 Å². The van der Waals surface area contributed by atoms with Crippen molar-refractivity contribution in [3.8, 4) is 11.3 Å². The van der Waals surface area contributed by atoms with Crippen molar-refractivity contribution in [2.24, 2.45) is 5.92 Å². The molecule has 1 aliphatic carbocycles. The Hall–Kier alpha value is -2.37. The molecule has 0 aromatic carbocycles. The first-order valence-electron chi connectivity index (χ1n) is 7.60. The minimum Gasteiger partial charge on any atom is -0.504 e. The molecule has 2 N–H and O–H groups in total. The lowest BCUT2D eigenvalue weighted by Gasteiger charge is -2.08. The number of anilines is 1. The maximum absolute atomic E-state index is 5.95. The summed E-state index contributed by atoms with van der Waals surface area (Å²) in [4.78, 5) is 8.40. The summed E-state index contributed by atoms with van der Waals surface area (Å²) >= 11 is 0. The largest absolute Gasteiger partial charge is 0.504 e. The summed E-state index contributed by atoms with van der Waals surface area (Å²) in [7, 11) is 1.59. The van der Waals surface area contributed by atoms with Crippen molar-refractivity contribution < 1.29 is 4.74 Å². The molecule has 116 valence electrons. The summed E-state index contributed by atoms with van der Waals surface area (Å²) < 4.78 is 6.98. The van der Waals surface area contributed by atoms with Crippen molar-refractivity contribution in [1.82, 2.24) is 19.7 Å². The predicted octanol–water partition coefficient (Wildman–Crippen LogP) is 2.73. The summed E-state index contributed by atoms with van der Waals surface area (Å²) in [5.41, 5.74) is 8.43. The van der Waals surface area contributed by atoms with Crippen molar-refractivity contribution in [2.75, 3.05) is 12.8 Å². The van der Waals surface area contributed by atoms with Gasteiger partial charge in [0.15, 0.2) is 0 Å². The van der Waals surface area contributed by atoms with Gasteiger partial charge in [-0.2, -0.15) is 5.10 Å². The predicted molar refractivity (Wildman–Crippen MR) is 85.7 cm³/mol. The van der Waals surface area contributed by atoms with E-state index in [2.05, 4.69) is 15.1 Å². The number of rotatable bonds is 5. The molecule has 0 saturated heterocycles. The van der Waals surface area contributed by atoms with E-state index in [1.807, 2.05) is 17.1 Å². The van der Waals surface area contributed by atoms with Crippen LogP contribution < -0.4 is 5.73 Å². The normalized spacial score (nSPS) is 15.7. The van der Waals surface area contributed by atoms with E-state index >= 15 is 0 Å². The molecule has 0 aliphatic heterocycles. The lowest BCUT2D eigenvalue weighted by Crippen LogP contribution is -2.07. The Morgan fingerprint density at radius 2 is 2.18 bits per heavy atom. The van der Waals surface area contributed by atoms with Crippen molar-refractivity contribution in [1.29, 1.82) is 0 Å². The Kier molecular flexibility index (Phi) is 4.37. The Morgan fingerprint density at radius 1 is 1.36 bits per heavy atom. The minimum atomic E-state index is 0.432. The molecular weight excluding hydrogens is 278 g/mol. The van der Waals surface area contributed by atoms with Gasteiger partial charge in [0, 0.05) is 23.9 Å². The monoisotopic (exact) mass is 299 g/mol. The Bertz CT molecular complexity index is 658. The Labute approximate surface area is 130 Å². The molecule has 0 spiro atoms. The van der Waals surface area contributed by atoms with Gasteiger partial charge in [-0.25, -0.2) is 9.97 Å². The van der Waals surface area contributed by atoms with E-state index in [1.54, 1.807) is 19.4 Å². The highest BCUT2D eigenvalue weighted by Gasteiger charge is 2.17. The van der Waals surface area contributed by atoms with Crippen LogP contribution in [0.5, 0.6) is 0 Å². The molecule has 2 aromatic rings. The van der Waals surface area contributed by atoms with Gasteiger partial charge in [0.2, 0.25) is 0 Å². The molecule has 0 atom stereocenters. The molecule has 2 aromatic heterocycles. The molecule has 0 unspecified atom stereocenters. The first-order valence-corrected chi connectivity index (χ1v) is 7.60. The number of hydrogen-bond acceptors (Lipinski definition) is 5. The van der Waals surface area contributed by atoms with Crippen LogP contribution in [0, 0.1) is 5.92 Å². The molecule has 1 saturated carbocycles. The van der Waals surface area contributed by atoms with E-state index in [1.165, 1.54) is 32.0 Å². The summed E-state index contributed by atoms with van der Waals surface area (Å²) in [6.07, 6.45) is 14.0. The van der Waals surface area contributed by atoms with Gasteiger partial charge >= 0.3 is 0 Å². The van der Waals surface area contributed by atoms with E-state index in [9.17, 15) is 0 Å². The smallest absolute Gasteiger partial charge is 0.134 e. The van der Waals surface area contributed by atoms with Crippen LogP contribution in [0.3, 0.4) is 0 Å². The number of nitrogen functional groups attached to an aromatic ring is 1. The molecule has 6 nitrogen and oxygen atoms in total. The van der Waals surface area contributed by atoms with Crippen molar-refractivity contribution >= 4 is 11.9 Å². The maximum atomic E-state index is 5.95. The summed E-state index contributed by atoms with van der Waals surface area (Å²) in [5, 5.41) is 4.47. The zero-order valence-corrected chi connectivity index (χ0v) is 12.8. The fourth-order valence-electron chi connectivity index (χ4n) is 2.98. The van der Waals surface area contributed by atoms with Gasteiger partial charge in [0.1, 0.15) is 12.1 Å². The van der Waals surface area contributed by atoms with Gasteiger partial charge in [0.05, 0.1) is 25.3 Å². The van der Waals surface area contributed by atoms with Crippen molar-refractivity contribution in [3.63, 3.8) is 0 Å². The number of nitrogens with zero attached hydrogens (tertiary/aromatic N) is 4. The fraction of sp³-hybridized carbons (Fsp3) is 0.438. The summed E-state index contributed by atoms with van der Waals surface area (Å²) in [5.74, 6) is 1.18. The van der Waals surface area contributed by atoms with Crippen LogP contribution >= 0.6 is 0 Å². The van der Waals surface area contributed by atoms with Crippen LogP contribution in [0.1, 0.15) is 31.2 Å². The minimum absolute atomic E-state index is 0.432. The van der Waals surface area contributed by atoms with Gasteiger partial charge in [0.25, 0.3) is 0 Å². The second-order valence-electron chi connectivity index (χ2n) is 5.66. The van der Waals surface area contributed by atoms with E-state index < -0.39 is 0 Å². The van der Waals surface area contributed by atoms with Crippen molar-refractivity contribution in [2.45, 2.75) is 32.2 Å². The third-order valence-corrected chi connectivity index (χ3v) is 4.11. The SMILES string of the molecule is CO/C=C/c1c(N)ncnc1-c1cnn(CC2CCCC2)c1. The molecule has 1 aliphatic rings. The van der Waals surface area contributed by atoms with E-state index in [-0.39, 0.29) is 0 Å². The summed E-state index contributed by atoms with van der Waals surface area (Å²) in [6.45, 7) is 0.976. The average molecular weight is 299 g/mol. The lowest BCUT2D eigenvalue weighted by atomic mass is 10.1. The molecule has 2 heterocycles. The third kappa shape index (κ3) is 3.10. The van der Waals surface area contributed by atoms with Gasteiger partial charge < -0.3 is 10.5 Å². The number of methoxy groups -OCH3 is 1. The fourth-order valence-corrected chi connectivity index (χ4v) is 2.98. The number of ether oxygens (including phenoxy) is 1. The standard InChI is InChI=1S/C16H21N5O/c1-22-7-6-14-15(18-11-19-16(14)17)13-8-20-21(10-13)9-12-4-2-3-5-12/h6-8,10-12H,2-5,9H2,1H3,(H2,17,18,19)/b7-6+. The average Bonchev–Trinajstić information content (AvgIpc) is 3.18. The first kappa shape index (κ1) is 14.6. The number of aromatic nitrogens is 4. The molecule has 0 bridgehead atoms. The quantitative estimate of drug-likeness (QED) is 0.859. The lowest BCUT2D eigenvalue weighted by molar-refractivity contribution is 0.341. The second kappa shape index (κ2) is 6.60. The van der Waals surface area contributed by atoms with Crippen LogP contribution in [-0.2, 0) is 11.3 Å². The topological polar surface area (TPSA) is 78.8 Å². The number of hydrogen-bond donors (Lipinski definition) is 1. The second-order valence-corrected chi connectivity index (χ2v) is 5.66. The molecular formula is C16H21N5O. The first-order chi connectivity index (χ1) is 10.8. The molecule has 1 fully saturated rings. The number of nitrogens with two attached hydrogens (primary N) is 1. The highest BCUT2D eigenvalue weighted by Crippen LogP contribution is 2.28. The highest BCUT2D eigenvalue weighted by atomic mass is 16.5. The third-order valence-electron chi connectivity index (χ3n) is 4.11. The van der Waals surface area contributed by atoms with E-state index in [0.717, 1.165) is 29.3 Å². The molecule has 6 heteroatoms. The Balaban J connectivity index is 1.86. The van der Waals surface area contributed by atoms with Crippen molar-refractivity contribution in [3.05, 3.63) is 30.5 Å². The zero-order chi connectivity index (χ0) is 15.4.